The second-order valence-corrected chi connectivity index (χ2v) is 7.05. The Balaban J connectivity index is 2.18. The average Bonchev–Trinajstić information content (AvgIpc) is 2.63. The first kappa shape index (κ1) is 20.7. The molecule has 1 aromatic carbocycles. The van der Waals surface area contributed by atoms with Crippen LogP contribution in [-0.2, 0) is 9.59 Å². The van der Waals surface area contributed by atoms with Gasteiger partial charge in [0.05, 0.1) is 12.5 Å². The van der Waals surface area contributed by atoms with Gasteiger partial charge in [-0.25, -0.2) is 4.79 Å². The van der Waals surface area contributed by atoms with E-state index in [2.05, 4.69) is 16.0 Å². The molecule has 0 saturated heterocycles. The third-order valence-corrected chi connectivity index (χ3v) is 4.95. The zero-order chi connectivity index (χ0) is 20.0. The molecule has 0 radical (unpaired) electrons. The highest BCUT2D eigenvalue weighted by molar-refractivity contribution is 5.97. The van der Waals surface area contributed by atoms with Crippen LogP contribution in [0.1, 0.15) is 52.0 Å². The van der Waals surface area contributed by atoms with Gasteiger partial charge in [0.1, 0.15) is 0 Å². The van der Waals surface area contributed by atoms with Crippen LogP contribution in [0.5, 0.6) is 0 Å². The molecule has 4 amide bonds. The predicted molar refractivity (Wildman–Crippen MR) is 106 cm³/mol. The van der Waals surface area contributed by atoms with Crippen molar-refractivity contribution in [2.75, 3.05) is 18.0 Å². The monoisotopic (exact) mass is 374 g/mol. The summed E-state index contributed by atoms with van der Waals surface area (Å²) in [4.78, 5) is 38.6. The highest BCUT2D eigenvalue weighted by atomic mass is 16.2. The van der Waals surface area contributed by atoms with Gasteiger partial charge in [-0.05, 0) is 45.2 Å². The fourth-order valence-corrected chi connectivity index (χ4v) is 3.34. The Bertz CT molecular complexity index is 692. The number of anilines is 1. The number of para-hydroxylation sites is 1. The highest BCUT2D eigenvalue weighted by Gasteiger charge is 2.35. The van der Waals surface area contributed by atoms with Crippen molar-refractivity contribution in [2.45, 2.75) is 58.5 Å². The SMILES string of the molecule is CCNC(=O)NC(=O)CN1c2ccccc2[C@H](C(=O)N[C@H](C)CC)C[C@@H]1C. The van der Waals surface area contributed by atoms with Gasteiger partial charge in [-0.1, -0.05) is 25.1 Å². The van der Waals surface area contributed by atoms with Gasteiger partial charge in [0.2, 0.25) is 11.8 Å². The first-order chi connectivity index (χ1) is 12.9. The van der Waals surface area contributed by atoms with E-state index >= 15 is 0 Å². The van der Waals surface area contributed by atoms with E-state index in [1.807, 2.05) is 49.9 Å². The maximum absolute atomic E-state index is 12.8. The van der Waals surface area contributed by atoms with Crippen molar-refractivity contribution in [1.29, 1.82) is 0 Å². The molecule has 7 nitrogen and oxygen atoms in total. The number of fused-ring (bicyclic) bond motifs is 1. The minimum atomic E-state index is -0.494. The Morgan fingerprint density at radius 2 is 1.93 bits per heavy atom. The van der Waals surface area contributed by atoms with E-state index in [1.165, 1.54) is 0 Å². The quantitative estimate of drug-likeness (QED) is 0.711. The van der Waals surface area contributed by atoms with Gasteiger partial charge in [-0.2, -0.15) is 0 Å². The Hall–Kier alpha value is -2.57. The number of hydrogen-bond donors (Lipinski definition) is 3. The maximum Gasteiger partial charge on any atom is 0.321 e. The summed E-state index contributed by atoms with van der Waals surface area (Å²) in [5.74, 6) is -0.590. The molecule has 0 saturated carbocycles. The van der Waals surface area contributed by atoms with E-state index in [0.29, 0.717) is 13.0 Å². The van der Waals surface area contributed by atoms with E-state index in [0.717, 1.165) is 17.7 Å². The van der Waals surface area contributed by atoms with Crippen LogP contribution in [0.15, 0.2) is 24.3 Å². The third-order valence-electron chi connectivity index (χ3n) is 4.95. The molecule has 1 heterocycles. The summed E-state index contributed by atoms with van der Waals surface area (Å²) in [5, 5.41) is 7.95. The van der Waals surface area contributed by atoms with Crippen LogP contribution in [0.2, 0.25) is 0 Å². The molecule has 7 heteroatoms. The fourth-order valence-electron chi connectivity index (χ4n) is 3.34. The van der Waals surface area contributed by atoms with Crippen LogP contribution in [0.3, 0.4) is 0 Å². The molecule has 1 aliphatic rings. The van der Waals surface area contributed by atoms with Crippen LogP contribution >= 0.6 is 0 Å². The number of carbonyl (C=O) groups is 3. The van der Waals surface area contributed by atoms with Gasteiger partial charge in [0.25, 0.3) is 0 Å². The molecule has 148 valence electrons. The lowest BCUT2D eigenvalue weighted by Crippen LogP contribution is -2.50. The van der Waals surface area contributed by atoms with Crippen molar-refractivity contribution in [3.8, 4) is 0 Å². The molecular formula is C20H30N4O3. The number of carbonyl (C=O) groups excluding carboxylic acids is 3. The van der Waals surface area contributed by atoms with Crippen LogP contribution < -0.4 is 20.9 Å². The van der Waals surface area contributed by atoms with E-state index < -0.39 is 6.03 Å². The second-order valence-electron chi connectivity index (χ2n) is 7.05. The van der Waals surface area contributed by atoms with Crippen molar-refractivity contribution in [2.24, 2.45) is 0 Å². The maximum atomic E-state index is 12.8. The Kier molecular flexibility index (Phi) is 7.21. The second kappa shape index (κ2) is 9.39. The average molecular weight is 374 g/mol. The minimum absolute atomic E-state index is 0.00688. The van der Waals surface area contributed by atoms with Gasteiger partial charge in [0, 0.05) is 24.3 Å². The molecule has 27 heavy (non-hydrogen) atoms. The summed E-state index contributed by atoms with van der Waals surface area (Å²) in [6, 6.07) is 7.30. The first-order valence-electron chi connectivity index (χ1n) is 9.60. The summed E-state index contributed by atoms with van der Waals surface area (Å²) in [7, 11) is 0. The largest absolute Gasteiger partial charge is 0.359 e. The van der Waals surface area contributed by atoms with E-state index in [1.54, 1.807) is 6.92 Å². The third kappa shape index (κ3) is 5.21. The molecule has 3 atom stereocenters. The summed E-state index contributed by atoms with van der Waals surface area (Å²) >= 11 is 0. The van der Waals surface area contributed by atoms with Gasteiger partial charge in [-0.3, -0.25) is 14.9 Å². The Labute approximate surface area is 160 Å². The van der Waals surface area contributed by atoms with E-state index in [4.69, 9.17) is 0 Å². The molecular weight excluding hydrogens is 344 g/mol. The van der Waals surface area contributed by atoms with Gasteiger partial charge < -0.3 is 15.5 Å². The molecule has 0 aliphatic carbocycles. The zero-order valence-electron chi connectivity index (χ0n) is 16.5. The molecule has 2 rings (SSSR count). The summed E-state index contributed by atoms with van der Waals surface area (Å²) < 4.78 is 0. The predicted octanol–water partition coefficient (Wildman–Crippen LogP) is 2.13. The lowest BCUT2D eigenvalue weighted by atomic mass is 9.85. The molecule has 1 aromatic rings. The lowest BCUT2D eigenvalue weighted by molar-refractivity contribution is -0.123. The Morgan fingerprint density at radius 1 is 1.22 bits per heavy atom. The van der Waals surface area contributed by atoms with Crippen LogP contribution in [0.4, 0.5) is 10.5 Å². The number of urea groups is 1. The molecule has 0 bridgehead atoms. The zero-order valence-corrected chi connectivity index (χ0v) is 16.5. The first-order valence-corrected chi connectivity index (χ1v) is 9.60. The van der Waals surface area contributed by atoms with Crippen LogP contribution in [-0.4, -0.2) is 43.0 Å². The minimum Gasteiger partial charge on any atom is -0.359 e. The number of imide groups is 1. The van der Waals surface area contributed by atoms with Crippen molar-refractivity contribution in [3.63, 3.8) is 0 Å². The number of amides is 4. The Morgan fingerprint density at radius 3 is 2.59 bits per heavy atom. The topological polar surface area (TPSA) is 90.5 Å². The number of hydrogen-bond acceptors (Lipinski definition) is 4. The highest BCUT2D eigenvalue weighted by Crippen LogP contribution is 2.38. The van der Waals surface area contributed by atoms with Gasteiger partial charge in [-0.15, -0.1) is 0 Å². The number of rotatable bonds is 6. The fraction of sp³-hybridized carbons (Fsp3) is 0.550. The van der Waals surface area contributed by atoms with Crippen molar-refractivity contribution in [3.05, 3.63) is 29.8 Å². The van der Waals surface area contributed by atoms with Crippen LogP contribution in [0.25, 0.3) is 0 Å². The lowest BCUT2D eigenvalue weighted by Gasteiger charge is -2.40. The molecule has 1 aliphatic heterocycles. The summed E-state index contributed by atoms with van der Waals surface area (Å²) in [6.07, 6.45) is 1.50. The van der Waals surface area contributed by atoms with Crippen molar-refractivity contribution < 1.29 is 14.4 Å². The molecule has 0 spiro atoms. The molecule has 3 N–H and O–H groups in total. The van der Waals surface area contributed by atoms with Crippen LogP contribution in [0, 0.1) is 0 Å². The normalized spacial score (nSPS) is 19.6. The van der Waals surface area contributed by atoms with E-state index in [9.17, 15) is 14.4 Å². The van der Waals surface area contributed by atoms with Gasteiger partial charge >= 0.3 is 6.03 Å². The molecule has 0 fully saturated rings. The summed E-state index contributed by atoms with van der Waals surface area (Å²) in [6.45, 7) is 8.34. The molecule has 0 unspecified atom stereocenters. The van der Waals surface area contributed by atoms with Crippen molar-refractivity contribution in [1.82, 2.24) is 16.0 Å². The van der Waals surface area contributed by atoms with E-state index in [-0.39, 0.29) is 36.4 Å². The standard InChI is InChI=1S/C20H30N4O3/c1-5-13(3)22-19(26)16-11-14(4)24(17-10-8-7-9-15(16)17)12-18(25)23-20(27)21-6-2/h7-10,13-14,16H,5-6,11-12H2,1-4H3,(H,22,26)(H2,21,23,25,27)/t13-,14+,16-/m1/s1. The van der Waals surface area contributed by atoms with Crippen molar-refractivity contribution >= 4 is 23.5 Å². The number of benzene rings is 1. The van der Waals surface area contributed by atoms with Gasteiger partial charge in [0.15, 0.2) is 0 Å². The summed E-state index contributed by atoms with van der Waals surface area (Å²) in [5.41, 5.74) is 1.79. The number of nitrogens with one attached hydrogen (secondary N) is 3. The smallest absolute Gasteiger partial charge is 0.321 e. The number of nitrogens with zero attached hydrogens (tertiary/aromatic N) is 1. The molecule has 0 aromatic heterocycles.